The summed E-state index contributed by atoms with van der Waals surface area (Å²) in [5.74, 6) is -4.71. The molecule has 0 rings (SSSR count). The molecule has 0 heterocycles. The summed E-state index contributed by atoms with van der Waals surface area (Å²) >= 11 is 0. The van der Waals surface area contributed by atoms with Gasteiger partial charge in [-0.1, -0.05) is 0 Å². The molecule has 0 saturated carbocycles. The Morgan fingerprint density at radius 2 is 0.852 bits per heavy atom. The molecular formula is C7F14NNaO3S. The number of amides is 1. The van der Waals surface area contributed by atoms with Crippen LogP contribution in [0, 0.1) is 0 Å². The summed E-state index contributed by atoms with van der Waals surface area (Å²) in [5.41, 5.74) is -7.33. The molecule has 0 bridgehead atoms. The van der Waals surface area contributed by atoms with Crippen LogP contribution in [0.1, 0.15) is 0 Å². The van der Waals surface area contributed by atoms with Crippen LogP contribution >= 0.6 is 0 Å². The first kappa shape index (κ1) is 28.6. The SMILES string of the molecule is O=C([N-]S(=O)(=O)C(F)(C(F)(F)F)C(F)(F)F)C(F)(C(F)(F)F)C(F)(F)F.[Na+]. The van der Waals surface area contributed by atoms with Crippen molar-refractivity contribution in [1.82, 2.24) is 0 Å². The average molecular weight is 467 g/mol. The van der Waals surface area contributed by atoms with Gasteiger partial charge in [-0.25, -0.2) is 17.2 Å². The van der Waals surface area contributed by atoms with Gasteiger partial charge in [0.15, 0.2) is 10.0 Å². The summed E-state index contributed by atoms with van der Waals surface area (Å²) in [4.78, 5) is 10.6. The predicted octanol–water partition coefficient (Wildman–Crippen LogP) is 0.844. The number of carbonyl (C=O) groups excluding carboxylic acids is 1. The van der Waals surface area contributed by atoms with E-state index in [0.29, 0.717) is 4.72 Å². The molecular weight excluding hydrogens is 467 g/mol. The monoisotopic (exact) mass is 467 g/mol. The Labute approximate surface area is 160 Å². The minimum absolute atomic E-state index is 0. The fraction of sp³-hybridized carbons (Fsp3) is 0.857. The van der Waals surface area contributed by atoms with E-state index in [-0.39, 0.29) is 29.6 Å². The standard InChI is InChI=1S/C7HF14NO3S.Na/c8-2(4(10,11)12,5(13,14)15)1(23)22-26(24,25)3(9,6(16,17)18)7(19,20)21;/h(H,22,23);/q;+1/p-1. The number of carbonyl (C=O) groups is 1. The number of rotatable bonds is 3. The van der Waals surface area contributed by atoms with Crippen LogP contribution in [0.3, 0.4) is 0 Å². The summed E-state index contributed by atoms with van der Waals surface area (Å²) in [6, 6.07) is 0. The molecule has 0 spiro atoms. The van der Waals surface area contributed by atoms with Gasteiger partial charge in [-0.3, -0.25) is 0 Å². The van der Waals surface area contributed by atoms with E-state index in [2.05, 4.69) is 0 Å². The van der Waals surface area contributed by atoms with Gasteiger partial charge in [0.05, 0.1) is 0 Å². The Morgan fingerprint density at radius 3 is 1.04 bits per heavy atom. The number of hydrogen-bond donors (Lipinski definition) is 0. The number of sulfonamides is 1. The molecule has 0 aromatic carbocycles. The van der Waals surface area contributed by atoms with E-state index in [1.165, 1.54) is 0 Å². The second-order valence-electron chi connectivity index (χ2n) is 4.12. The van der Waals surface area contributed by atoms with Crippen molar-refractivity contribution in [3.63, 3.8) is 0 Å². The van der Waals surface area contributed by atoms with E-state index in [1.54, 1.807) is 0 Å². The largest absolute Gasteiger partial charge is 1.00 e. The third-order valence-corrected chi connectivity index (χ3v) is 3.94. The van der Waals surface area contributed by atoms with Crippen molar-refractivity contribution >= 4 is 15.9 Å². The fourth-order valence-electron chi connectivity index (χ4n) is 1.09. The first-order valence-electron chi connectivity index (χ1n) is 5.04. The van der Waals surface area contributed by atoms with Gasteiger partial charge < -0.3 is 9.52 Å². The van der Waals surface area contributed by atoms with Gasteiger partial charge in [0.2, 0.25) is 0 Å². The van der Waals surface area contributed by atoms with Gasteiger partial charge in [0, 0.05) is 0 Å². The molecule has 1 amide bonds. The second kappa shape index (κ2) is 7.36. The summed E-state index contributed by atoms with van der Waals surface area (Å²) in [7, 11) is -8.22. The zero-order valence-electron chi connectivity index (χ0n) is 11.9. The minimum atomic E-state index is -8.22. The summed E-state index contributed by atoms with van der Waals surface area (Å²) in [6.07, 6.45) is -30.0. The van der Waals surface area contributed by atoms with Crippen molar-refractivity contribution in [3.05, 3.63) is 4.72 Å². The Hall–Kier alpha value is -0.560. The molecule has 0 atom stereocenters. The van der Waals surface area contributed by atoms with Crippen LogP contribution in [-0.4, -0.2) is 49.7 Å². The molecule has 0 fully saturated rings. The maximum atomic E-state index is 13.2. The van der Waals surface area contributed by atoms with E-state index >= 15 is 0 Å². The van der Waals surface area contributed by atoms with Crippen molar-refractivity contribution in [2.45, 2.75) is 35.4 Å². The maximum Gasteiger partial charge on any atom is 1.00 e. The zero-order chi connectivity index (χ0) is 21.8. The molecule has 0 aliphatic carbocycles. The van der Waals surface area contributed by atoms with Crippen LogP contribution in [0.15, 0.2) is 0 Å². The molecule has 27 heavy (non-hydrogen) atoms. The Balaban J connectivity index is 0. The van der Waals surface area contributed by atoms with Crippen molar-refractivity contribution < 1.29 is 104 Å². The number of nitrogens with zero attached hydrogens (tertiary/aromatic N) is 1. The molecule has 0 N–H and O–H groups in total. The predicted molar refractivity (Wildman–Crippen MR) is 49.2 cm³/mol. The Bertz CT molecular complexity index is 630. The molecule has 0 aromatic rings. The fourth-order valence-corrected chi connectivity index (χ4v) is 2.15. The number of halogens is 14. The van der Waals surface area contributed by atoms with Crippen LogP contribution in [0.25, 0.3) is 4.72 Å². The van der Waals surface area contributed by atoms with Gasteiger partial charge in [-0.15, -0.1) is 0 Å². The van der Waals surface area contributed by atoms with Crippen LogP contribution in [-0.2, 0) is 14.8 Å². The second-order valence-corrected chi connectivity index (χ2v) is 5.81. The normalized spacial score (nSPS) is 15.2. The maximum absolute atomic E-state index is 13.2. The minimum Gasteiger partial charge on any atom is -0.539 e. The Morgan fingerprint density at radius 1 is 0.593 bits per heavy atom. The summed E-state index contributed by atoms with van der Waals surface area (Å²) in [6.45, 7) is 0. The smallest absolute Gasteiger partial charge is 0.539 e. The number of alkyl halides is 14. The molecule has 0 aliphatic rings. The van der Waals surface area contributed by atoms with Crippen LogP contribution in [0.4, 0.5) is 61.5 Å². The molecule has 20 heteroatoms. The van der Waals surface area contributed by atoms with Gasteiger partial charge in [0.25, 0.3) is 0 Å². The van der Waals surface area contributed by atoms with Crippen molar-refractivity contribution in [1.29, 1.82) is 0 Å². The van der Waals surface area contributed by atoms with Gasteiger partial charge >= 0.3 is 64.9 Å². The molecule has 0 unspecified atom stereocenters. The van der Waals surface area contributed by atoms with E-state index in [4.69, 9.17) is 0 Å². The van der Waals surface area contributed by atoms with E-state index < -0.39 is 51.3 Å². The van der Waals surface area contributed by atoms with Gasteiger partial charge in [0.1, 0.15) is 5.91 Å². The molecule has 156 valence electrons. The van der Waals surface area contributed by atoms with Crippen molar-refractivity contribution in [3.8, 4) is 0 Å². The summed E-state index contributed by atoms with van der Waals surface area (Å²) in [5, 5.41) is -7.60. The van der Waals surface area contributed by atoms with Crippen LogP contribution in [0.2, 0.25) is 0 Å². The zero-order valence-corrected chi connectivity index (χ0v) is 14.7. The van der Waals surface area contributed by atoms with E-state index in [9.17, 15) is 74.7 Å². The van der Waals surface area contributed by atoms with Crippen LogP contribution in [0.5, 0.6) is 0 Å². The van der Waals surface area contributed by atoms with Crippen molar-refractivity contribution in [2.24, 2.45) is 0 Å². The average Bonchev–Trinajstić information content (AvgIpc) is 2.30. The first-order chi connectivity index (χ1) is 10.9. The van der Waals surface area contributed by atoms with E-state index in [0.717, 1.165) is 0 Å². The van der Waals surface area contributed by atoms with Crippen molar-refractivity contribution in [2.75, 3.05) is 0 Å². The third-order valence-electron chi connectivity index (χ3n) is 2.36. The topological polar surface area (TPSA) is 65.3 Å². The molecule has 0 aliphatic heterocycles. The van der Waals surface area contributed by atoms with E-state index in [1.807, 2.05) is 0 Å². The quantitative estimate of drug-likeness (QED) is 0.457. The summed E-state index contributed by atoms with van der Waals surface area (Å²) < 4.78 is 193. The third kappa shape index (κ3) is 4.55. The molecule has 0 aromatic heterocycles. The Kier molecular flexibility index (Phi) is 7.81. The molecule has 0 radical (unpaired) electrons. The molecule has 0 saturated heterocycles. The van der Waals surface area contributed by atoms with Gasteiger partial charge in [-0.05, 0) is 0 Å². The number of hydrogen-bond acceptors (Lipinski definition) is 3. The first-order valence-corrected chi connectivity index (χ1v) is 6.48. The van der Waals surface area contributed by atoms with Crippen LogP contribution < -0.4 is 29.6 Å². The molecule has 4 nitrogen and oxygen atoms in total. The van der Waals surface area contributed by atoms with Gasteiger partial charge in [-0.2, -0.15) is 52.7 Å².